The number of ether oxygens (including phenoxy) is 3. The highest BCUT2D eigenvalue weighted by Gasteiger charge is 2.20. The minimum Gasteiger partial charge on any atom is -0.491 e. The van der Waals surface area contributed by atoms with E-state index in [1.54, 1.807) is 24.3 Å². The van der Waals surface area contributed by atoms with Gasteiger partial charge in [-0.25, -0.2) is 0 Å². The van der Waals surface area contributed by atoms with Crippen LogP contribution < -0.4 is 15.2 Å². The van der Waals surface area contributed by atoms with E-state index in [0.29, 0.717) is 47.7 Å². The molecule has 152 valence electrons. The molecule has 1 aliphatic heterocycles. The molecule has 2 aromatic rings. The lowest BCUT2D eigenvalue weighted by molar-refractivity contribution is -0.113. The molecule has 0 fully saturated rings. The number of amidine groups is 1. The molecule has 1 heterocycles. The number of carbonyl (C=O) groups is 1. The van der Waals surface area contributed by atoms with Crippen molar-refractivity contribution in [2.24, 2.45) is 10.7 Å². The van der Waals surface area contributed by atoms with E-state index < -0.39 is 0 Å². The molecule has 8 heteroatoms. The monoisotopic (exact) mass is 432 g/mol. The Morgan fingerprint density at radius 1 is 1.07 bits per heavy atom. The van der Waals surface area contributed by atoms with E-state index in [1.807, 2.05) is 31.2 Å². The summed E-state index contributed by atoms with van der Waals surface area (Å²) in [5.41, 5.74) is 7.46. The first kappa shape index (κ1) is 21.2. The second kappa shape index (κ2) is 10.3. The zero-order valence-electron chi connectivity index (χ0n) is 15.9. The van der Waals surface area contributed by atoms with Gasteiger partial charge in [0.05, 0.1) is 18.1 Å². The van der Waals surface area contributed by atoms with E-state index in [2.05, 4.69) is 4.99 Å². The average Bonchev–Trinajstić information content (AvgIpc) is 3.01. The van der Waals surface area contributed by atoms with Gasteiger partial charge in [-0.15, -0.1) is 0 Å². The highest BCUT2D eigenvalue weighted by Crippen LogP contribution is 2.31. The maximum absolute atomic E-state index is 11.8. The van der Waals surface area contributed by atoms with Crippen LogP contribution in [0.2, 0.25) is 5.02 Å². The number of nitrogens with two attached hydrogens (primary N) is 1. The molecule has 0 saturated carbocycles. The summed E-state index contributed by atoms with van der Waals surface area (Å²) >= 11 is 7.20. The molecule has 29 heavy (non-hydrogen) atoms. The number of hydrogen-bond donors (Lipinski definition) is 1. The van der Waals surface area contributed by atoms with Crippen molar-refractivity contribution >= 4 is 40.5 Å². The van der Waals surface area contributed by atoms with Gasteiger partial charge >= 0.3 is 0 Å². The van der Waals surface area contributed by atoms with Gasteiger partial charge in [0.25, 0.3) is 5.91 Å². The quantitative estimate of drug-likeness (QED) is 0.475. The first-order valence-corrected chi connectivity index (χ1v) is 10.2. The standard InChI is InChI=1S/C21H21ClN2O4S/c1-14-2-5-17(6-3-14)27-10-8-26-9-11-28-18-7-4-16(22)12-15(18)13-19-20(25)24-21(23)29-19/h2-7,12-13H,8-11H2,1H3,(H2,23,24,25)/b19-13+. The maximum atomic E-state index is 11.8. The molecule has 1 aliphatic rings. The number of amides is 1. The van der Waals surface area contributed by atoms with Crippen LogP contribution in [-0.4, -0.2) is 37.5 Å². The topological polar surface area (TPSA) is 83.1 Å². The fourth-order valence-electron chi connectivity index (χ4n) is 2.50. The van der Waals surface area contributed by atoms with E-state index in [4.69, 9.17) is 31.5 Å². The molecule has 2 N–H and O–H groups in total. The van der Waals surface area contributed by atoms with Gasteiger partial charge in [-0.2, -0.15) is 4.99 Å². The lowest BCUT2D eigenvalue weighted by Crippen LogP contribution is -2.12. The van der Waals surface area contributed by atoms with Crippen LogP contribution in [0.3, 0.4) is 0 Å². The van der Waals surface area contributed by atoms with Crippen molar-refractivity contribution in [2.45, 2.75) is 6.92 Å². The molecule has 0 atom stereocenters. The van der Waals surface area contributed by atoms with Crippen molar-refractivity contribution in [3.8, 4) is 11.5 Å². The van der Waals surface area contributed by atoms with Crippen LogP contribution in [0.25, 0.3) is 6.08 Å². The molecule has 3 rings (SSSR count). The minimum atomic E-state index is -0.365. The molecule has 0 aromatic heterocycles. The molecule has 0 aliphatic carbocycles. The second-order valence-electron chi connectivity index (χ2n) is 6.17. The normalized spacial score (nSPS) is 14.9. The Morgan fingerprint density at radius 3 is 2.48 bits per heavy atom. The van der Waals surface area contributed by atoms with E-state index in [1.165, 1.54) is 5.56 Å². The molecular weight excluding hydrogens is 412 g/mol. The third-order valence-electron chi connectivity index (χ3n) is 3.90. The van der Waals surface area contributed by atoms with Gasteiger partial charge in [-0.3, -0.25) is 4.79 Å². The second-order valence-corrected chi connectivity index (χ2v) is 7.67. The van der Waals surface area contributed by atoms with Crippen LogP contribution in [0.4, 0.5) is 0 Å². The number of nitrogens with zero attached hydrogens (tertiary/aromatic N) is 1. The lowest BCUT2D eigenvalue weighted by Gasteiger charge is -2.11. The highest BCUT2D eigenvalue weighted by molar-refractivity contribution is 8.18. The van der Waals surface area contributed by atoms with E-state index >= 15 is 0 Å². The number of benzene rings is 2. The van der Waals surface area contributed by atoms with Gasteiger partial charge in [-0.05, 0) is 55.1 Å². The molecule has 2 aromatic carbocycles. The Kier molecular flexibility index (Phi) is 7.57. The van der Waals surface area contributed by atoms with Crippen LogP contribution in [-0.2, 0) is 9.53 Å². The number of rotatable bonds is 9. The van der Waals surface area contributed by atoms with Gasteiger partial charge in [0.15, 0.2) is 5.17 Å². The average molecular weight is 433 g/mol. The summed E-state index contributed by atoms with van der Waals surface area (Å²) in [6.07, 6.45) is 1.67. The zero-order valence-corrected chi connectivity index (χ0v) is 17.5. The van der Waals surface area contributed by atoms with Crippen molar-refractivity contribution in [1.29, 1.82) is 0 Å². The lowest BCUT2D eigenvalue weighted by atomic mass is 10.2. The fraction of sp³-hybridized carbons (Fsp3) is 0.238. The van der Waals surface area contributed by atoms with Crippen molar-refractivity contribution in [2.75, 3.05) is 26.4 Å². The van der Waals surface area contributed by atoms with E-state index in [-0.39, 0.29) is 11.1 Å². The predicted molar refractivity (Wildman–Crippen MR) is 117 cm³/mol. The zero-order chi connectivity index (χ0) is 20.6. The van der Waals surface area contributed by atoms with E-state index in [0.717, 1.165) is 17.5 Å². The summed E-state index contributed by atoms with van der Waals surface area (Å²) in [5, 5.41) is 0.769. The Hall–Kier alpha value is -2.48. The number of aryl methyl sites for hydroxylation is 1. The number of halogens is 1. The molecule has 0 unspecified atom stereocenters. The van der Waals surface area contributed by atoms with Crippen molar-refractivity contribution in [3.05, 3.63) is 63.5 Å². The molecule has 0 saturated heterocycles. The summed E-state index contributed by atoms with van der Waals surface area (Å²) < 4.78 is 16.9. The summed E-state index contributed by atoms with van der Waals surface area (Å²) in [4.78, 5) is 15.9. The highest BCUT2D eigenvalue weighted by atomic mass is 35.5. The van der Waals surface area contributed by atoms with Gasteiger partial charge in [0.1, 0.15) is 24.7 Å². The fourth-order valence-corrected chi connectivity index (χ4v) is 3.35. The number of aliphatic imine (C=N–C) groups is 1. The summed E-state index contributed by atoms with van der Waals surface area (Å²) in [6, 6.07) is 13.1. The van der Waals surface area contributed by atoms with Gasteiger partial charge in [0, 0.05) is 10.6 Å². The van der Waals surface area contributed by atoms with Crippen LogP contribution in [0, 0.1) is 6.92 Å². The van der Waals surface area contributed by atoms with Crippen LogP contribution >= 0.6 is 23.4 Å². The van der Waals surface area contributed by atoms with Gasteiger partial charge in [-0.1, -0.05) is 29.3 Å². The first-order chi connectivity index (χ1) is 14.0. The third kappa shape index (κ3) is 6.52. The van der Waals surface area contributed by atoms with Crippen molar-refractivity contribution in [1.82, 2.24) is 0 Å². The SMILES string of the molecule is Cc1ccc(OCCOCCOc2ccc(Cl)cc2/C=C2/SC(N)=NC2=O)cc1. The summed E-state index contributed by atoms with van der Waals surface area (Å²) in [7, 11) is 0. The van der Waals surface area contributed by atoms with Crippen LogP contribution in [0.15, 0.2) is 52.4 Å². The number of thioether (sulfide) groups is 1. The molecule has 1 amide bonds. The Balaban J connectivity index is 1.44. The third-order valence-corrected chi connectivity index (χ3v) is 4.95. The number of hydrogen-bond acceptors (Lipinski definition) is 6. The van der Waals surface area contributed by atoms with Gasteiger partial charge < -0.3 is 19.9 Å². The Morgan fingerprint density at radius 2 is 1.79 bits per heavy atom. The maximum Gasteiger partial charge on any atom is 0.286 e. The molecule has 0 bridgehead atoms. The van der Waals surface area contributed by atoms with Crippen molar-refractivity contribution < 1.29 is 19.0 Å². The van der Waals surface area contributed by atoms with Crippen LogP contribution in [0.5, 0.6) is 11.5 Å². The summed E-state index contributed by atoms with van der Waals surface area (Å²) in [6.45, 7) is 3.70. The largest absolute Gasteiger partial charge is 0.491 e. The Labute approximate surface area is 178 Å². The predicted octanol–water partition coefficient (Wildman–Crippen LogP) is 4.05. The minimum absolute atomic E-state index is 0.229. The van der Waals surface area contributed by atoms with Gasteiger partial charge in [0.2, 0.25) is 0 Å². The van der Waals surface area contributed by atoms with E-state index in [9.17, 15) is 4.79 Å². The molecule has 6 nitrogen and oxygen atoms in total. The molecule has 0 radical (unpaired) electrons. The smallest absolute Gasteiger partial charge is 0.286 e. The summed E-state index contributed by atoms with van der Waals surface area (Å²) in [5.74, 6) is 1.05. The Bertz CT molecular complexity index is 929. The van der Waals surface area contributed by atoms with Crippen molar-refractivity contribution in [3.63, 3.8) is 0 Å². The number of carbonyl (C=O) groups excluding carboxylic acids is 1. The van der Waals surface area contributed by atoms with Crippen LogP contribution in [0.1, 0.15) is 11.1 Å². The molecular formula is C21H21ClN2O4S. The first-order valence-electron chi connectivity index (χ1n) is 8.99. The molecule has 0 spiro atoms.